The van der Waals surface area contributed by atoms with Crippen molar-refractivity contribution in [2.75, 3.05) is 4.90 Å². The summed E-state index contributed by atoms with van der Waals surface area (Å²) in [6, 6.07) is 92.3. The average Bonchev–Trinajstić information content (AvgIpc) is 3.77. The molecule has 0 atom stereocenters. The Balaban J connectivity index is 0.000000122. The minimum Gasteiger partial charge on any atom is -0.344 e. The molecule has 5 heteroatoms. The normalized spacial score (nSPS) is 12.6. The zero-order valence-corrected chi connectivity index (χ0v) is 41.7. The van der Waals surface area contributed by atoms with Crippen LogP contribution >= 0.6 is 15.9 Å². The molecule has 1 aliphatic heterocycles. The summed E-state index contributed by atoms with van der Waals surface area (Å²) in [5.74, 6) is 0. The number of rotatable bonds is 4. The highest BCUT2D eigenvalue weighted by atomic mass is 79.9. The van der Waals surface area contributed by atoms with E-state index in [0.29, 0.717) is 0 Å². The summed E-state index contributed by atoms with van der Waals surface area (Å²) in [5, 5.41) is 12.2. The first-order valence-corrected chi connectivity index (χ1v) is 25.4. The van der Waals surface area contributed by atoms with E-state index in [2.05, 4.69) is 220 Å². The number of halogens is 1. The predicted molar refractivity (Wildman–Crippen MR) is 311 cm³/mol. The molecule has 2 heterocycles. The summed E-state index contributed by atoms with van der Waals surface area (Å²) in [6.45, 7) is 1.59. The van der Waals surface area contributed by atoms with Crippen LogP contribution in [0.3, 0.4) is 0 Å². The van der Waals surface area contributed by atoms with Gasteiger partial charge in [-0.1, -0.05) is 234 Å². The molecule has 0 radical (unpaired) electrons. The molecule has 73 heavy (non-hydrogen) atoms. The molecule has 0 saturated carbocycles. The Hall–Kier alpha value is -8.61. The third-order valence-electron chi connectivity index (χ3n) is 14.9. The Kier molecular flexibility index (Phi) is 11.8. The molecule has 13 aromatic rings. The van der Waals surface area contributed by atoms with Crippen LogP contribution in [-0.2, 0) is 18.5 Å². The van der Waals surface area contributed by atoms with Gasteiger partial charge in [-0.2, -0.15) is 0 Å². The highest BCUT2D eigenvalue weighted by molar-refractivity contribution is 9.10. The van der Waals surface area contributed by atoms with E-state index in [-0.39, 0.29) is 17.0 Å². The van der Waals surface area contributed by atoms with Crippen molar-refractivity contribution < 1.29 is 0 Å². The Morgan fingerprint density at radius 2 is 0.740 bits per heavy atom. The van der Waals surface area contributed by atoms with Gasteiger partial charge in [0.1, 0.15) is 0 Å². The first-order chi connectivity index (χ1) is 35.6. The molecule has 2 aliphatic rings. The second kappa shape index (κ2) is 18.9. The smallest absolute Gasteiger partial charge is 0.197 e. The molecule has 0 fully saturated rings. The molecule has 0 saturated heterocycles. The molecule has 0 amide bonds. The van der Waals surface area contributed by atoms with Gasteiger partial charge in [-0.05, 0) is 114 Å². The highest BCUT2D eigenvalue weighted by Crippen LogP contribution is 2.62. The van der Waals surface area contributed by atoms with Crippen LogP contribution in [0.25, 0.3) is 64.9 Å². The molecular formula is C68H50BrN3O. The number of benzene rings is 12. The zero-order chi connectivity index (χ0) is 48.2. The van der Waals surface area contributed by atoms with Crippen LogP contribution in [0.1, 0.15) is 33.4 Å². The summed E-state index contributed by atoms with van der Waals surface area (Å²) in [7, 11) is 0. The van der Waals surface area contributed by atoms with Crippen LogP contribution < -0.4 is 16.5 Å². The van der Waals surface area contributed by atoms with Crippen molar-refractivity contribution in [1.29, 1.82) is 0 Å². The first kappa shape index (κ1) is 45.5. The van der Waals surface area contributed by atoms with Crippen LogP contribution in [-0.4, -0.2) is 4.57 Å². The molecule has 15 rings (SSSR count). The third-order valence-corrected chi connectivity index (χ3v) is 15.5. The summed E-state index contributed by atoms with van der Waals surface area (Å²) < 4.78 is 3.39. The largest absolute Gasteiger partial charge is 0.344 e. The summed E-state index contributed by atoms with van der Waals surface area (Å²) >= 11 is 3.62. The molecule has 0 bridgehead atoms. The Morgan fingerprint density at radius 3 is 1.30 bits per heavy atom. The van der Waals surface area contributed by atoms with Crippen LogP contribution in [0, 0.1) is 0 Å². The molecular weight excluding hydrogens is 955 g/mol. The van der Waals surface area contributed by atoms with E-state index in [4.69, 9.17) is 0 Å². The molecule has 1 aliphatic carbocycles. The number of fused-ring (bicyclic) bond motifs is 11. The molecule has 1 aromatic heterocycles. The maximum absolute atomic E-state index is 12.7. The van der Waals surface area contributed by atoms with Gasteiger partial charge in [-0.3, -0.25) is 4.79 Å². The van der Waals surface area contributed by atoms with Crippen LogP contribution in [0.2, 0.25) is 0 Å². The van der Waals surface area contributed by atoms with E-state index in [1.54, 1.807) is 0 Å². The summed E-state index contributed by atoms with van der Waals surface area (Å²) in [4.78, 5) is 15.2. The van der Waals surface area contributed by atoms with Gasteiger partial charge in [0.15, 0.2) is 5.43 Å². The van der Waals surface area contributed by atoms with Crippen molar-refractivity contribution in [2.45, 2.75) is 18.5 Å². The van der Waals surface area contributed by atoms with E-state index in [1.807, 2.05) is 66.7 Å². The van der Waals surface area contributed by atoms with Gasteiger partial charge < -0.3 is 15.6 Å². The quantitative estimate of drug-likeness (QED) is 0.141. The molecule has 4 nitrogen and oxygen atoms in total. The summed E-state index contributed by atoms with van der Waals surface area (Å²) in [5.41, 5.74) is 12.4. The van der Waals surface area contributed by atoms with E-state index in [9.17, 15) is 4.79 Å². The third kappa shape index (κ3) is 7.51. The second-order valence-electron chi connectivity index (χ2n) is 18.8. The highest BCUT2D eigenvalue weighted by Gasteiger charge is 2.50. The van der Waals surface area contributed by atoms with Gasteiger partial charge in [0, 0.05) is 45.1 Å². The first-order valence-electron chi connectivity index (χ1n) is 24.6. The lowest BCUT2D eigenvalue weighted by atomic mass is 9.64. The van der Waals surface area contributed by atoms with Crippen molar-refractivity contribution in [3.8, 4) is 0 Å². The molecule has 12 aromatic carbocycles. The number of pyridine rings is 1. The number of anilines is 2. The molecule has 1 spiro atoms. The van der Waals surface area contributed by atoms with E-state index in [1.165, 1.54) is 87.8 Å². The Labute approximate surface area is 432 Å². The number of para-hydroxylation sites is 4. The fraction of sp³-hybridized carbons (Fsp3) is 0.0441. The van der Waals surface area contributed by atoms with Crippen LogP contribution in [0.4, 0.5) is 11.4 Å². The van der Waals surface area contributed by atoms with Crippen molar-refractivity contribution in [3.63, 3.8) is 0 Å². The van der Waals surface area contributed by atoms with E-state index in [0.717, 1.165) is 39.4 Å². The fourth-order valence-electron chi connectivity index (χ4n) is 11.8. The number of hydrogen-bond donors (Lipinski definition) is 1. The monoisotopic (exact) mass is 1000 g/mol. The van der Waals surface area contributed by atoms with Crippen molar-refractivity contribution in [1.82, 2.24) is 10.7 Å². The van der Waals surface area contributed by atoms with E-state index >= 15 is 0 Å². The lowest BCUT2D eigenvalue weighted by Crippen LogP contribution is -2.37. The number of hydrogen-bond acceptors (Lipinski definition) is 3. The van der Waals surface area contributed by atoms with Gasteiger partial charge in [-0.25, -0.2) is 0 Å². The minimum atomic E-state index is -0.330. The van der Waals surface area contributed by atoms with E-state index < -0.39 is 0 Å². The van der Waals surface area contributed by atoms with Gasteiger partial charge in [0.2, 0.25) is 0 Å². The predicted octanol–water partition coefficient (Wildman–Crippen LogP) is 17.5. The molecule has 3 N–H and O–H groups in total. The maximum Gasteiger partial charge on any atom is 0.197 e. The zero-order valence-electron chi connectivity index (χ0n) is 40.1. The van der Waals surface area contributed by atoms with Gasteiger partial charge in [0.05, 0.1) is 16.4 Å². The lowest BCUT2D eigenvalue weighted by molar-refractivity contribution is 0.737. The maximum atomic E-state index is 12.7. The van der Waals surface area contributed by atoms with Gasteiger partial charge in [0.25, 0.3) is 0 Å². The van der Waals surface area contributed by atoms with Gasteiger partial charge >= 0.3 is 0 Å². The van der Waals surface area contributed by atoms with Crippen molar-refractivity contribution in [3.05, 3.63) is 309 Å². The van der Waals surface area contributed by atoms with Crippen molar-refractivity contribution >= 4 is 92.2 Å². The topological polar surface area (TPSA) is 60.2 Å². The molecule has 0 unspecified atom stereocenters. The van der Waals surface area contributed by atoms with Crippen molar-refractivity contribution in [2.24, 2.45) is 0 Å². The summed E-state index contributed by atoms with van der Waals surface area (Å²) in [6.07, 6.45) is 0. The molecule has 350 valence electrons. The van der Waals surface area contributed by atoms with Gasteiger partial charge in [-0.15, -0.1) is 0 Å². The Bertz CT molecular complexity index is 4110. The average molecular weight is 1010 g/mol. The SMILES string of the molecule is Brc1cccc2ccc3ccccc3c12.N.O=c1c2ccccc2n(Cc2ccccc2)c2ccccc12.c1ccc(CN2c3ccccc3C3(c4ccccc42)c2cccc4ccc5cccc3c5c24)cc1. The lowest BCUT2D eigenvalue weighted by Gasteiger charge is -2.45. The fourth-order valence-corrected chi connectivity index (χ4v) is 12.4. The second-order valence-corrected chi connectivity index (χ2v) is 19.6. The Morgan fingerprint density at radius 1 is 0.342 bits per heavy atom. The van der Waals surface area contributed by atoms with Crippen LogP contribution in [0.5, 0.6) is 0 Å². The van der Waals surface area contributed by atoms with Crippen LogP contribution in [0.15, 0.2) is 270 Å². The number of nitrogens with zero attached hydrogens (tertiary/aromatic N) is 2. The number of aromatic nitrogens is 1. The minimum absolute atomic E-state index is 0. The standard InChI is InChI=1S/C34H23N.C20H15NO.C14H9Br.H3N/c1-2-10-23(11-3-1)22-35-30-18-6-4-14-26(30)34(27-15-5-7-19-31(27)35)28-16-8-12-24-20-21-25-13-9-17-29(34)33(25)32(24)28;22-20-16-10-4-6-12-18(16)21(14-15-8-2-1-3-9-15)19-13-7-5-11-17(19)20;15-13-7-3-5-11-9-8-10-4-1-2-6-12(10)14(11)13;/h1-21H,22H2;1-13H,14H2;1-9H;1H3.